The van der Waals surface area contributed by atoms with Crippen molar-refractivity contribution >= 4 is 17.7 Å². The third-order valence-corrected chi connectivity index (χ3v) is 5.22. The number of ketones is 1. The van der Waals surface area contributed by atoms with Gasteiger partial charge in [0.25, 0.3) is 0 Å². The molecule has 0 aliphatic carbocycles. The van der Waals surface area contributed by atoms with Crippen molar-refractivity contribution in [2.45, 2.75) is 53.2 Å². The van der Waals surface area contributed by atoms with Gasteiger partial charge in [0, 0.05) is 25.6 Å². The molecule has 0 bridgehead atoms. The summed E-state index contributed by atoms with van der Waals surface area (Å²) in [5, 5.41) is 0. The van der Waals surface area contributed by atoms with Crippen LogP contribution in [0.3, 0.4) is 0 Å². The van der Waals surface area contributed by atoms with Crippen LogP contribution in [0.15, 0.2) is 36.5 Å². The minimum Gasteiger partial charge on any atom is -0.493 e. The number of halogens is 1. The van der Waals surface area contributed by atoms with Crippen LogP contribution in [0.1, 0.15) is 51.5 Å². The Morgan fingerprint density at radius 1 is 1.03 bits per heavy atom. The van der Waals surface area contributed by atoms with Gasteiger partial charge in [-0.3, -0.25) is 14.4 Å². The molecule has 2 rings (SSSR count). The highest BCUT2D eigenvalue weighted by molar-refractivity contribution is 5.99. The summed E-state index contributed by atoms with van der Waals surface area (Å²) in [5.74, 6) is -2.21. The molecule has 36 heavy (non-hydrogen) atoms. The van der Waals surface area contributed by atoms with Crippen LogP contribution < -0.4 is 14.2 Å². The molecular weight excluding hydrogens is 473 g/mol. The van der Waals surface area contributed by atoms with Gasteiger partial charge in [0.15, 0.2) is 23.0 Å². The van der Waals surface area contributed by atoms with Crippen LogP contribution >= 0.6 is 0 Å². The molecule has 10 heteroatoms. The van der Waals surface area contributed by atoms with E-state index in [-0.39, 0.29) is 35.3 Å². The first-order chi connectivity index (χ1) is 17.0. The number of methoxy groups -OCH3 is 1. The van der Waals surface area contributed by atoms with Crippen LogP contribution in [0.4, 0.5) is 4.39 Å². The zero-order valence-electron chi connectivity index (χ0n) is 21.3. The Morgan fingerprint density at radius 2 is 1.69 bits per heavy atom. The first-order valence-electron chi connectivity index (χ1n) is 11.5. The summed E-state index contributed by atoms with van der Waals surface area (Å²) < 4.78 is 40.1. The fourth-order valence-corrected chi connectivity index (χ4v) is 3.38. The summed E-state index contributed by atoms with van der Waals surface area (Å²) in [6.07, 6.45) is 0.0270. The van der Waals surface area contributed by atoms with Crippen molar-refractivity contribution < 1.29 is 42.5 Å². The molecule has 0 amide bonds. The van der Waals surface area contributed by atoms with Crippen LogP contribution in [0, 0.1) is 17.7 Å². The molecule has 0 aliphatic heterocycles. The smallest absolute Gasteiger partial charge is 0.309 e. The summed E-state index contributed by atoms with van der Waals surface area (Å²) in [4.78, 5) is 41.0. The third kappa shape index (κ3) is 8.21. The van der Waals surface area contributed by atoms with E-state index in [0.717, 1.165) is 0 Å². The highest BCUT2D eigenvalue weighted by atomic mass is 19.1. The van der Waals surface area contributed by atoms with Crippen molar-refractivity contribution in [2.24, 2.45) is 11.8 Å². The number of nitrogens with zero attached hydrogens (tertiary/aromatic N) is 1. The average molecular weight is 506 g/mol. The number of hydrogen-bond donors (Lipinski definition) is 0. The fraction of sp³-hybridized carbons (Fsp3) is 0.462. The van der Waals surface area contributed by atoms with Crippen molar-refractivity contribution in [2.75, 3.05) is 13.9 Å². The molecule has 9 nitrogen and oxygen atoms in total. The van der Waals surface area contributed by atoms with E-state index in [2.05, 4.69) is 4.98 Å². The van der Waals surface area contributed by atoms with Gasteiger partial charge in [-0.1, -0.05) is 20.8 Å². The van der Waals surface area contributed by atoms with Gasteiger partial charge in [0.1, 0.15) is 23.8 Å². The Balaban J connectivity index is 2.08. The Morgan fingerprint density at radius 3 is 2.28 bits per heavy atom. The largest absolute Gasteiger partial charge is 0.493 e. The molecule has 0 saturated carbocycles. The standard InChI is InChI=1S/C26H32FNO8/c1-15(2)24(17(4)35-20-9-7-19(27)8-10-20)36-26(31)16(3)13-21(30)23-25(34-14-33-18(5)29)22(32-6)11-12-28-23/h7-12,15-17,24H,13-14H2,1-6H3/t16-,17+,24+/m1/s1. The quantitative estimate of drug-likeness (QED) is 0.223. The monoisotopic (exact) mass is 505 g/mol. The number of esters is 2. The van der Waals surface area contributed by atoms with Crippen molar-refractivity contribution in [3.8, 4) is 17.2 Å². The summed E-state index contributed by atoms with van der Waals surface area (Å²) in [7, 11) is 1.39. The van der Waals surface area contributed by atoms with E-state index in [1.165, 1.54) is 50.6 Å². The maximum Gasteiger partial charge on any atom is 0.309 e. The van der Waals surface area contributed by atoms with Gasteiger partial charge >= 0.3 is 11.9 Å². The van der Waals surface area contributed by atoms with E-state index in [0.29, 0.717) is 5.75 Å². The van der Waals surface area contributed by atoms with Crippen LogP contribution in [-0.2, 0) is 19.1 Å². The number of carbonyl (C=O) groups is 3. The summed E-state index contributed by atoms with van der Waals surface area (Å²) in [6.45, 7) is 7.87. The second-order valence-electron chi connectivity index (χ2n) is 8.54. The normalized spacial score (nSPS) is 13.3. The molecule has 0 radical (unpaired) electrons. The van der Waals surface area contributed by atoms with Crippen LogP contribution in [0.2, 0.25) is 0 Å². The van der Waals surface area contributed by atoms with Gasteiger partial charge in [-0.15, -0.1) is 0 Å². The van der Waals surface area contributed by atoms with Gasteiger partial charge in [-0.05, 0) is 37.1 Å². The van der Waals surface area contributed by atoms with Crippen LogP contribution in [0.5, 0.6) is 17.2 Å². The Labute approximate surface area is 209 Å². The van der Waals surface area contributed by atoms with Gasteiger partial charge in [-0.25, -0.2) is 9.37 Å². The first-order valence-corrected chi connectivity index (χ1v) is 11.5. The average Bonchev–Trinajstić information content (AvgIpc) is 2.83. The number of rotatable bonds is 13. The predicted molar refractivity (Wildman–Crippen MR) is 127 cm³/mol. The highest BCUT2D eigenvalue weighted by Gasteiger charge is 2.31. The molecule has 0 spiro atoms. The lowest BCUT2D eigenvalue weighted by atomic mass is 10.00. The number of Topliss-reactive ketones (excluding diaryl/α,β-unsaturated/α-hetero) is 1. The number of ether oxygens (including phenoxy) is 5. The minimum atomic E-state index is -0.800. The molecule has 0 aliphatic rings. The minimum absolute atomic E-state index is 0.00759. The Bertz CT molecular complexity index is 1040. The van der Waals surface area contributed by atoms with Gasteiger partial charge in [0.05, 0.1) is 13.0 Å². The van der Waals surface area contributed by atoms with Gasteiger partial charge in [-0.2, -0.15) is 0 Å². The van der Waals surface area contributed by atoms with Crippen molar-refractivity contribution in [3.63, 3.8) is 0 Å². The van der Waals surface area contributed by atoms with E-state index in [1.54, 1.807) is 13.8 Å². The second-order valence-corrected chi connectivity index (χ2v) is 8.54. The van der Waals surface area contributed by atoms with Gasteiger partial charge in [0.2, 0.25) is 6.79 Å². The number of benzene rings is 1. The molecule has 0 N–H and O–H groups in total. The molecule has 0 saturated heterocycles. The number of hydrogen-bond acceptors (Lipinski definition) is 9. The molecule has 3 atom stereocenters. The Hall–Kier alpha value is -3.69. The topological polar surface area (TPSA) is 110 Å². The molecule has 1 aromatic heterocycles. The maximum atomic E-state index is 13.2. The molecule has 2 aromatic rings. The summed E-state index contributed by atoms with van der Waals surface area (Å²) in [6, 6.07) is 7.04. The molecule has 0 unspecified atom stereocenters. The van der Waals surface area contributed by atoms with E-state index in [9.17, 15) is 18.8 Å². The lowest BCUT2D eigenvalue weighted by molar-refractivity contribution is -0.161. The Kier molecular flexibility index (Phi) is 10.6. The van der Waals surface area contributed by atoms with Crippen molar-refractivity contribution in [1.82, 2.24) is 4.98 Å². The molecule has 196 valence electrons. The summed E-state index contributed by atoms with van der Waals surface area (Å²) >= 11 is 0. The number of aromatic nitrogens is 1. The van der Waals surface area contributed by atoms with Gasteiger partial charge < -0.3 is 23.7 Å². The zero-order valence-corrected chi connectivity index (χ0v) is 21.3. The SMILES string of the molecule is COc1ccnc(C(=O)C[C@@H](C)C(=O)O[C@@H](C(C)C)[C@H](C)Oc2ccc(F)cc2)c1OCOC(C)=O. The van der Waals surface area contributed by atoms with Crippen molar-refractivity contribution in [3.05, 3.63) is 48.0 Å². The van der Waals surface area contributed by atoms with Crippen LogP contribution in [-0.4, -0.2) is 48.8 Å². The number of carbonyl (C=O) groups excluding carboxylic acids is 3. The fourth-order valence-electron chi connectivity index (χ4n) is 3.38. The predicted octanol–water partition coefficient (Wildman–Crippen LogP) is 4.37. The molecule has 0 fully saturated rings. The highest BCUT2D eigenvalue weighted by Crippen LogP contribution is 2.31. The molecule has 1 aromatic carbocycles. The maximum absolute atomic E-state index is 13.2. The summed E-state index contributed by atoms with van der Waals surface area (Å²) in [5.41, 5.74) is -0.0606. The van der Waals surface area contributed by atoms with E-state index in [1.807, 2.05) is 13.8 Å². The van der Waals surface area contributed by atoms with Crippen molar-refractivity contribution in [1.29, 1.82) is 0 Å². The third-order valence-electron chi connectivity index (χ3n) is 5.22. The lowest BCUT2D eigenvalue weighted by Crippen LogP contribution is -2.39. The lowest BCUT2D eigenvalue weighted by Gasteiger charge is -2.29. The van der Waals surface area contributed by atoms with Crippen LogP contribution in [0.25, 0.3) is 0 Å². The second kappa shape index (κ2) is 13.4. The van der Waals surface area contributed by atoms with E-state index >= 15 is 0 Å². The van der Waals surface area contributed by atoms with E-state index in [4.69, 9.17) is 23.7 Å². The molecular formula is C26H32FNO8. The number of pyridine rings is 1. The van der Waals surface area contributed by atoms with E-state index < -0.39 is 42.6 Å². The zero-order chi connectivity index (χ0) is 26.8. The first kappa shape index (κ1) is 28.5. The molecule has 1 heterocycles.